The van der Waals surface area contributed by atoms with E-state index in [9.17, 15) is 9.59 Å². The van der Waals surface area contributed by atoms with E-state index in [2.05, 4.69) is 0 Å². The molecule has 1 heterocycles. The van der Waals surface area contributed by atoms with Crippen molar-refractivity contribution in [1.29, 1.82) is 0 Å². The highest BCUT2D eigenvalue weighted by atomic mass is 35.5. The molecular weight excluding hydrogens is 242 g/mol. The molecular formula is C11H22ClN3O2. The van der Waals surface area contributed by atoms with E-state index in [0.717, 1.165) is 0 Å². The molecule has 1 fully saturated rings. The summed E-state index contributed by atoms with van der Waals surface area (Å²) in [7, 11) is 0. The molecule has 17 heavy (non-hydrogen) atoms. The van der Waals surface area contributed by atoms with E-state index in [4.69, 9.17) is 5.73 Å². The third kappa shape index (κ3) is 4.16. The van der Waals surface area contributed by atoms with Gasteiger partial charge in [0.25, 0.3) is 0 Å². The van der Waals surface area contributed by atoms with Gasteiger partial charge in [0.15, 0.2) is 0 Å². The second-order valence-corrected chi connectivity index (χ2v) is 4.60. The van der Waals surface area contributed by atoms with Crippen LogP contribution in [0, 0.1) is 5.92 Å². The van der Waals surface area contributed by atoms with Crippen LogP contribution in [-0.2, 0) is 9.59 Å². The lowest BCUT2D eigenvalue weighted by atomic mass is 10.0. The van der Waals surface area contributed by atoms with Gasteiger partial charge in [-0.05, 0) is 5.92 Å². The molecule has 0 saturated carbocycles. The smallest absolute Gasteiger partial charge is 0.239 e. The van der Waals surface area contributed by atoms with E-state index in [1.807, 2.05) is 13.8 Å². The number of rotatable bonds is 2. The fourth-order valence-corrected chi connectivity index (χ4v) is 1.74. The number of nitrogens with zero attached hydrogens (tertiary/aromatic N) is 2. The van der Waals surface area contributed by atoms with Crippen molar-refractivity contribution >= 4 is 24.2 Å². The molecule has 6 heteroatoms. The van der Waals surface area contributed by atoms with Crippen LogP contribution in [-0.4, -0.2) is 53.8 Å². The van der Waals surface area contributed by atoms with E-state index >= 15 is 0 Å². The van der Waals surface area contributed by atoms with Crippen LogP contribution in [0.25, 0.3) is 0 Å². The molecule has 0 aromatic heterocycles. The van der Waals surface area contributed by atoms with Gasteiger partial charge in [0, 0.05) is 33.1 Å². The van der Waals surface area contributed by atoms with Crippen molar-refractivity contribution in [1.82, 2.24) is 9.80 Å². The predicted octanol–water partition coefficient (Wildman–Crippen LogP) is 0.0822. The lowest BCUT2D eigenvalue weighted by Crippen LogP contribution is -2.55. The molecule has 0 radical (unpaired) electrons. The Hall–Kier alpha value is -0.810. The van der Waals surface area contributed by atoms with Gasteiger partial charge in [0.1, 0.15) is 0 Å². The number of halogens is 1. The van der Waals surface area contributed by atoms with Gasteiger partial charge in [-0.15, -0.1) is 12.4 Å². The summed E-state index contributed by atoms with van der Waals surface area (Å²) in [5.74, 6) is 0.219. The SMILES string of the molecule is CC(=O)N1CCN(C(=O)C(N)C(C)C)CC1.Cl. The average Bonchev–Trinajstić information content (AvgIpc) is 2.27. The van der Waals surface area contributed by atoms with Crippen LogP contribution in [0.1, 0.15) is 20.8 Å². The number of nitrogens with two attached hydrogens (primary N) is 1. The van der Waals surface area contributed by atoms with Gasteiger partial charge >= 0.3 is 0 Å². The average molecular weight is 264 g/mol. The van der Waals surface area contributed by atoms with Crippen LogP contribution < -0.4 is 5.73 Å². The highest BCUT2D eigenvalue weighted by Crippen LogP contribution is 2.07. The van der Waals surface area contributed by atoms with Crippen LogP contribution in [0.5, 0.6) is 0 Å². The predicted molar refractivity (Wildman–Crippen MR) is 68.9 cm³/mol. The molecule has 1 unspecified atom stereocenters. The van der Waals surface area contributed by atoms with Crippen molar-refractivity contribution in [2.45, 2.75) is 26.8 Å². The third-order valence-corrected chi connectivity index (χ3v) is 3.04. The molecule has 0 spiro atoms. The van der Waals surface area contributed by atoms with Crippen molar-refractivity contribution in [2.24, 2.45) is 11.7 Å². The Morgan fingerprint density at radius 2 is 1.47 bits per heavy atom. The topological polar surface area (TPSA) is 66.6 Å². The number of amides is 2. The fraction of sp³-hybridized carbons (Fsp3) is 0.818. The summed E-state index contributed by atoms with van der Waals surface area (Å²) in [6, 6.07) is -0.427. The van der Waals surface area contributed by atoms with Gasteiger partial charge in [0.2, 0.25) is 11.8 Å². The van der Waals surface area contributed by atoms with E-state index in [0.29, 0.717) is 26.2 Å². The minimum Gasteiger partial charge on any atom is -0.339 e. The maximum atomic E-state index is 11.9. The molecule has 2 amide bonds. The van der Waals surface area contributed by atoms with Crippen molar-refractivity contribution in [3.05, 3.63) is 0 Å². The number of carbonyl (C=O) groups is 2. The van der Waals surface area contributed by atoms with Crippen molar-refractivity contribution in [3.63, 3.8) is 0 Å². The highest BCUT2D eigenvalue weighted by Gasteiger charge is 2.27. The Morgan fingerprint density at radius 1 is 1.06 bits per heavy atom. The molecule has 0 aromatic rings. The summed E-state index contributed by atoms with van der Waals surface area (Å²) in [4.78, 5) is 26.5. The third-order valence-electron chi connectivity index (χ3n) is 3.04. The second kappa shape index (κ2) is 6.81. The van der Waals surface area contributed by atoms with Gasteiger partial charge in [-0.1, -0.05) is 13.8 Å². The zero-order valence-electron chi connectivity index (χ0n) is 10.7. The zero-order chi connectivity index (χ0) is 12.3. The van der Waals surface area contributed by atoms with Gasteiger partial charge in [0.05, 0.1) is 6.04 Å². The van der Waals surface area contributed by atoms with E-state index < -0.39 is 6.04 Å². The van der Waals surface area contributed by atoms with Crippen molar-refractivity contribution < 1.29 is 9.59 Å². The van der Waals surface area contributed by atoms with Crippen molar-refractivity contribution in [3.8, 4) is 0 Å². The first kappa shape index (κ1) is 16.2. The lowest BCUT2D eigenvalue weighted by molar-refractivity contribution is -0.139. The second-order valence-electron chi connectivity index (χ2n) is 4.60. The Morgan fingerprint density at radius 3 is 1.82 bits per heavy atom. The highest BCUT2D eigenvalue weighted by molar-refractivity contribution is 5.85. The number of piperazine rings is 1. The molecule has 1 saturated heterocycles. The Bertz CT molecular complexity index is 276. The molecule has 2 N–H and O–H groups in total. The van der Waals surface area contributed by atoms with E-state index in [-0.39, 0.29) is 30.1 Å². The molecule has 0 aromatic carbocycles. The number of carbonyl (C=O) groups excluding carboxylic acids is 2. The van der Waals surface area contributed by atoms with Crippen LogP contribution in [0.3, 0.4) is 0 Å². The minimum absolute atomic E-state index is 0. The summed E-state index contributed by atoms with van der Waals surface area (Å²) in [6.07, 6.45) is 0. The van der Waals surface area contributed by atoms with Gasteiger partial charge in [-0.3, -0.25) is 9.59 Å². The van der Waals surface area contributed by atoms with Crippen LogP contribution in [0.4, 0.5) is 0 Å². The summed E-state index contributed by atoms with van der Waals surface area (Å²) in [5.41, 5.74) is 5.81. The quantitative estimate of drug-likeness (QED) is 0.767. The van der Waals surface area contributed by atoms with Gasteiger partial charge in [-0.2, -0.15) is 0 Å². The van der Waals surface area contributed by atoms with Gasteiger partial charge in [-0.25, -0.2) is 0 Å². The van der Waals surface area contributed by atoms with E-state index in [1.54, 1.807) is 16.7 Å². The molecule has 1 aliphatic heterocycles. The number of hydrogen-bond donors (Lipinski definition) is 1. The molecule has 1 atom stereocenters. The lowest BCUT2D eigenvalue weighted by Gasteiger charge is -2.36. The molecule has 1 rings (SSSR count). The zero-order valence-corrected chi connectivity index (χ0v) is 11.5. The molecule has 0 aliphatic carbocycles. The Balaban J connectivity index is 0.00000256. The standard InChI is InChI=1S/C11H21N3O2.ClH/c1-8(2)10(12)11(16)14-6-4-13(5-7-14)9(3)15;/h8,10H,4-7,12H2,1-3H3;1H. The summed E-state index contributed by atoms with van der Waals surface area (Å²) in [6.45, 7) is 7.86. The van der Waals surface area contributed by atoms with Crippen LogP contribution in [0.15, 0.2) is 0 Å². The molecule has 5 nitrogen and oxygen atoms in total. The minimum atomic E-state index is -0.427. The first-order valence-corrected chi connectivity index (χ1v) is 5.73. The normalized spacial score (nSPS) is 17.7. The number of hydrogen-bond acceptors (Lipinski definition) is 3. The maximum absolute atomic E-state index is 11.9. The monoisotopic (exact) mass is 263 g/mol. The van der Waals surface area contributed by atoms with Gasteiger partial charge < -0.3 is 15.5 Å². The largest absolute Gasteiger partial charge is 0.339 e. The van der Waals surface area contributed by atoms with E-state index in [1.165, 1.54) is 0 Å². The van der Waals surface area contributed by atoms with Crippen molar-refractivity contribution in [2.75, 3.05) is 26.2 Å². The molecule has 1 aliphatic rings. The Kier molecular flexibility index (Phi) is 6.49. The maximum Gasteiger partial charge on any atom is 0.239 e. The summed E-state index contributed by atoms with van der Waals surface area (Å²) >= 11 is 0. The fourth-order valence-electron chi connectivity index (χ4n) is 1.74. The summed E-state index contributed by atoms with van der Waals surface area (Å²) < 4.78 is 0. The first-order chi connectivity index (χ1) is 7.43. The molecule has 0 bridgehead atoms. The Labute approximate surface area is 109 Å². The first-order valence-electron chi connectivity index (χ1n) is 5.73. The summed E-state index contributed by atoms with van der Waals surface area (Å²) in [5, 5.41) is 0. The molecule has 100 valence electrons. The van der Waals surface area contributed by atoms with Crippen LogP contribution in [0.2, 0.25) is 0 Å². The van der Waals surface area contributed by atoms with Crippen LogP contribution >= 0.6 is 12.4 Å².